The van der Waals surface area contributed by atoms with Crippen molar-refractivity contribution in [3.8, 4) is 6.07 Å². The zero-order valence-electron chi connectivity index (χ0n) is 14.9. The smallest absolute Gasteiger partial charge is 0.144 e. The second-order valence-corrected chi connectivity index (χ2v) is 6.82. The van der Waals surface area contributed by atoms with Gasteiger partial charge in [0.2, 0.25) is 0 Å². The van der Waals surface area contributed by atoms with Gasteiger partial charge in [-0.25, -0.2) is 8.78 Å². The van der Waals surface area contributed by atoms with Crippen molar-refractivity contribution < 1.29 is 13.5 Å². The number of allylic oxidation sites excluding steroid dienone is 1. The van der Waals surface area contributed by atoms with Crippen molar-refractivity contribution >= 4 is 0 Å². The molecule has 25 heavy (non-hydrogen) atoms. The first-order chi connectivity index (χ1) is 12.1. The van der Waals surface area contributed by atoms with Gasteiger partial charge in [-0.05, 0) is 68.6 Å². The number of nitriles is 1. The maximum atomic E-state index is 13.6. The predicted molar refractivity (Wildman–Crippen MR) is 95.1 cm³/mol. The molecular weight excluding hydrogens is 320 g/mol. The molecule has 0 aliphatic heterocycles. The van der Waals surface area contributed by atoms with Crippen molar-refractivity contribution in [1.82, 2.24) is 0 Å². The lowest BCUT2D eigenvalue weighted by atomic mass is 9.83. The molecule has 0 saturated heterocycles. The maximum Gasteiger partial charge on any atom is 0.144 e. The van der Waals surface area contributed by atoms with Crippen LogP contribution in [0.1, 0.15) is 63.0 Å². The highest BCUT2D eigenvalue weighted by Gasteiger charge is 2.21. The summed E-state index contributed by atoms with van der Waals surface area (Å²) in [6, 6.07) is 4.14. The van der Waals surface area contributed by atoms with Crippen molar-refractivity contribution in [3.05, 3.63) is 47.0 Å². The SMILES string of the molecule is CCC/C=C/COC1CCC(CCc2cc(F)c(C#N)c(F)c2)CC1. The molecule has 136 valence electrons. The minimum absolute atomic E-state index is 0.340. The predicted octanol–water partition coefficient (Wildman–Crippen LogP) is 5.70. The molecule has 0 N–H and O–H groups in total. The molecule has 1 fully saturated rings. The van der Waals surface area contributed by atoms with Gasteiger partial charge in [-0.15, -0.1) is 0 Å². The molecule has 0 bridgehead atoms. The van der Waals surface area contributed by atoms with Crippen molar-refractivity contribution in [3.63, 3.8) is 0 Å². The lowest BCUT2D eigenvalue weighted by Crippen LogP contribution is -2.22. The van der Waals surface area contributed by atoms with E-state index in [2.05, 4.69) is 19.1 Å². The fourth-order valence-corrected chi connectivity index (χ4v) is 3.38. The first-order valence-electron chi connectivity index (χ1n) is 9.28. The summed E-state index contributed by atoms with van der Waals surface area (Å²) in [6.45, 7) is 2.85. The molecule has 0 radical (unpaired) electrons. The average molecular weight is 347 g/mol. The highest BCUT2D eigenvalue weighted by atomic mass is 19.1. The molecule has 2 rings (SSSR count). The van der Waals surface area contributed by atoms with Crippen LogP contribution in [0, 0.1) is 28.9 Å². The fraction of sp³-hybridized carbons (Fsp3) is 0.571. The Morgan fingerprint density at radius 3 is 2.44 bits per heavy atom. The van der Waals surface area contributed by atoms with E-state index in [1.54, 1.807) is 6.07 Å². The summed E-state index contributed by atoms with van der Waals surface area (Å²) < 4.78 is 33.2. The van der Waals surface area contributed by atoms with Gasteiger partial charge in [0.15, 0.2) is 0 Å². The summed E-state index contributed by atoms with van der Waals surface area (Å²) in [5.41, 5.74) is 0.142. The van der Waals surface area contributed by atoms with Gasteiger partial charge in [0.1, 0.15) is 23.3 Å². The fourth-order valence-electron chi connectivity index (χ4n) is 3.38. The number of rotatable bonds is 8. The first-order valence-corrected chi connectivity index (χ1v) is 9.28. The molecule has 0 spiro atoms. The van der Waals surface area contributed by atoms with Gasteiger partial charge in [0, 0.05) is 0 Å². The average Bonchev–Trinajstić information content (AvgIpc) is 2.60. The summed E-state index contributed by atoms with van der Waals surface area (Å²) in [5.74, 6) is -0.936. The van der Waals surface area contributed by atoms with Crippen LogP contribution < -0.4 is 0 Å². The second-order valence-electron chi connectivity index (χ2n) is 6.82. The van der Waals surface area contributed by atoms with E-state index in [4.69, 9.17) is 10.00 Å². The molecule has 4 heteroatoms. The van der Waals surface area contributed by atoms with Crippen LogP contribution in [0.2, 0.25) is 0 Å². The maximum absolute atomic E-state index is 13.6. The van der Waals surface area contributed by atoms with Crippen LogP contribution >= 0.6 is 0 Å². The molecule has 1 aliphatic carbocycles. The van der Waals surface area contributed by atoms with Crippen LogP contribution in [-0.4, -0.2) is 12.7 Å². The number of unbranched alkanes of at least 4 members (excludes halogenated alkanes) is 1. The van der Waals surface area contributed by atoms with E-state index < -0.39 is 17.2 Å². The van der Waals surface area contributed by atoms with Gasteiger partial charge in [0.25, 0.3) is 0 Å². The molecule has 2 nitrogen and oxygen atoms in total. The Morgan fingerprint density at radius 2 is 1.84 bits per heavy atom. The van der Waals surface area contributed by atoms with Crippen molar-refractivity contribution in [2.45, 2.75) is 64.4 Å². The topological polar surface area (TPSA) is 33.0 Å². The largest absolute Gasteiger partial charge is 0.374 e. The molecule has 0 amide bonds. The summed E-state index contributed by atoms with van der Waals surface area (Å²) in [4.78, 5) is 0. The van der Waals surface area contributed by atoms with Gasteiger partial charge in [0.05, 0.1) is 12.7 Å². The monoisotopic (exact) mass is 347 g/mol. The van der Waals surface area contributed by atoms with Gasteiger partial charge < -0.3 is 4.74 Å². The van der Waals surface area contributed by atoms with E-state index in [-0.39, 0.29) is 0 Å². The third kappa shape index (κ3) is 6.25. The highest BCUT2D eigenvalue weighted by Crippen LogP contribution is 2.30. The number of hydrogen-bond donors (Lipinski definition) is 0. The quantitative estimate of drug-likeness (QED) is 0.565. The van der Waals surface area contributed by atoms with Gasteiger partial charge in [-0.3, -0.25) is 0 Å². The van der Waals surface area contributed by atoms with Gasteiger partial charge >= 0.3 is 0 Å². The Morgan fingerprint density at radius 1 is 1.16 bits per heavy atom. The molecule has 1 saturated carbocycles. The lowest BCUT2D eigenvalue weighted by Gasteiger charge is -2.28. The van der Waals surface area contributed by atoms with Crippen LogP contribution in [0.5, 0.6) is 0 Å². The molecule has 0 unspecified atom stereocenters. The first kappa shape index (κ1) is 19.6. The van der Waals surface area contributed by atoms with Gasteiger partial charge in [-0.1, -0.05) is 25.5 Å². The summed E-state index contributed by atoms with van der Waals surface area (Å²) in [5, 5.41) is 8.71. The van der Waals surface area contributed by atoms with Crippen LogP contribution in [0.3, 0.4) is 0 Å². The van der Waals surface area contributed by atoms with E-state index in [0.717, 1.165) is 44.9 Å². The van der Waals surface area contributed by atoms with Crippen molar-refractivity contribution in [1.29, 1.82) is 5.26 Å². The van der Waals surface area contributed by atoms with Crippen LogP contribution in [0.25, 0.3) is 0 Å². The number of aryl methyl sites for hydroxylation is 1. The Labute approximate surface area is 149 Å². The minimum Gasteiger partial charge on any atom is -0.374 e. The Bertz CT molecular complexity index is 590. The molecule has 0 atom stereocenters. The van der Waals surface area contributed by atoms with Crippen molar-refractivity contribution in [2.24, 2.45) is 5.92 Å². The Hall–Kier alpha value is -1.73. The van der Waals surface area contributed by atoms with E-state index in [0.29, 0.717) is 30.6 Å². The molecule has 1 aromatic rings. The number of ether oxygens (including phenoxy) is 1. The molecule has 0 aromatic heterocycles. The van der Waals surface area contributed by atoms with E-state index in [1.807, 2.05) is 0 Å². The standard InChI is InChI=1S/C21H27F2NO/c1-2-3-4-5-12-25-18-10-8-16(9-11-18)6-7-17-13-20(22)19(15-24)21(23)14-17/h4-5,13-14,16,18H,2-3,6-12H2,1H3/b5-4+. The summed E-state index contributed by atoms with van der Waals surface area (Å²) in [6.07, 6.45) is 12.8. The summed E-state index contributed by atoms with van der Waals surface area (Å²) in [7, 11) is 0. The number of hydrogen-bond acceptors (Lipinski definition) is 2. The molecule has 1 aliphatic rings. The lowest BCUT2D eigenvalue weighted by molar-refractivity contribution is 0.0336. The van der Waals surface area contributed by atoms with E-state index in [1.165, 1.54) is 12.1 Å². The number of benzene rings is 1. The zero-order valence-corrected chi connectivity index (χ0v) is 14.9. The Balaban J connectivity index is 1.71. The second kappa shape index (κ2) is 10.3. The number of nitrogens with zero attached hydrogens (tertiary/aromatic N) is 1. The molecular formula is C21H27F2NO. The van der Waals surface area contributed by atoms with E-state index in [9.17, 15) is 8.78 Å². The molecule has 1 aromatic carbocycles. The molecule has 0 heterocycles. The Kier molecular flexibility index (Phi) is 8.08. The van der Waals surface area contributed by atoms with Gasteiger partial charge in [-0.2, -0.15) is 5.26 Å². The zero-order chi connectivity index (χ0) is 18.1. The van der Waals surface area contributed by atoms with Crippen LogP contribution in [0.15, 0.2) is 24.3 Å². The van der Waals surface area contributed by atoms with Crippen LogP contribution in [-0.2, 0) is 11.2 Å². The summed E-state index contributed by atoms with van der Waals surface area (Å²) >= 11 is 0. The van der Waals surface area contributed by atoms with Crippen LogP contribution in [0.4, 0.5) is 8.78 Å². The number of halogens is 2. The van der Waals surface area contributed by atoms with Crippen molar-refractivity contribution in [2.75, 3.05) is 6.61 Å². The van der Waals surface area contributed by atoms with E-state index >= 15 is 0 Å². The third-order valence-corrected chi connectivity index (χ3v) is 4.90. The third-order valence-electron chi connectivity index (χ3n) is 4.90. The normalized spacial score (nSPS) is 20.7. The highest BCUT2D eigenvalue weighted by molar-refractivity contribution is 5.35. The minimum atomic E-state index is -0.759.